The molecule has 0 fully saturated rings. The number of sulfonamides is 1. The second-order valence-corrected chi connectivity index (χ2v) is 8.87. The molecule has 1 heterocycles. The van der Waals surface area contributed by atoms with Gasteiger partial charge in [-0.25, -0.2) is 8.42 Å². The molecule has 1 aromatic carbocycles. The van der Waals surface area contributed by atoms with Gasteiger partial charge in [-0.05, 0) is 37.3 Å². The smallest absolute Gasteiger partial charge is 0.207 e. The largest absolute Gasteiger partial charge is 0.244 e. The first-order chi connectivity index (χ1) is 9.55. The number of nitrogens with zero attached hydrogens (tertiary/aromatic N) is 1. The van der Waals surface area contributed by atoms with Gasteiger partial charge in [0, 0.05) is 12.6 Å². The highest BCUT2D eigenvalue weighted by atomic mass is 32.2. The van der Waals surface area contributed by atoms with Crippen LogP contribution >= 0.6 is 0 Å². The molecule has 1 aromatic rings. The first-order valence-electron chi connectivity index (χ1n) is 7.31. The van der Waals surface area contributed by atoms with Crippen LogP contribution in [0.1, 0.15) is 37.5 Å². The number of benzene rings is 1. The Hall–Kier alpha value is -1.13. The lowest BCUT2D eigenvalue weighted by atomic mass is 9.88. The van der Waals surface area contributed by atoms with Crippen molar-refractivity contribution in [2.45, 2.75) is 52.5 Å². The standard InChI is InChI=1S/C17H25NO2S/c1-12-10-13(2)16(14(3)11-12)21(19,20)18-9-7-8-15(18)17(4,5)6/h7-8,10-11,15H,9H2,1-6H3/t15-/m1/s1. The topological polar surface area (TPSA) is 37.4 Å². The molecular formula is C17H25NO2S. The van der Waals surface area contributed by atoms with Gasteiger partial charge in [-0.1, -0.05) is 50.6 Å². The van der Waals surface area contributed by atoms with Gasteiger partial charge in [-0.2, -0.15) is 4.31 Å². The van der Waals surface area contributed by atoms with Crippen molar-refractivity contribution in [1.82, 2.24) is 4.31 Å². The van der Waals surface area contributed by atoms with Gasteiger partial charge in [-0.3, -0.25) is 0 Å². The molecule has 0 unspecified atom stereocenters. The minimum Gasteiger partial charge on any atom is -0.207 e. The number of aryl methyl sites for hydroxylation is 3. The van der Waals surface area contributed by atoms with E-state index < -0.39 is 10.0 Å². The lowest BCUT2D eigenvalue weighted by Gasteiger charge is -2.34. The maximum Gasteiger partial charge on any atom is 0.244 e. The highest BCUT2D eigenvalue weighted by Gasteiger charge is 2.39. The molecular weight excluding hydrogens is 282 g/mol. The van der Waals surface area contributed by atoms with Crippen LogP contribution in [0.25, 0.3) is 0 Å². The second kappa shape index (κ2) is 5.25. The van der Waals surface area contributed by atoms with Crippen LogP contribution in [-0.2, 0) is 10.0 Å². The fourth-order valence-electron chi connectivity index (χ4n) is 3.16. The molecule has 0 saturated heterocycles. The third-order valence-corrected chi connectivity index (χ3v) is 6.13. The van der Waals surface area contributed by atoms with Crippen LogP contribution in [0.15, 0.2) is 29.2 Å². The molecule has 0 radical (unpaired) electrons. The second-order valence-electron chi connectivity index (χ2n) is 7.04. The van der Waals surface area contributed by atoms with Gasteiger partial charge < -0.3 is 0 Å². The van der Waals surface area contributed by atoms with E-state index in [1.165, 1.54) is 0 Å². The van der Waals surface area contributed by atoms with E-state index >= 15 is 0 Å². The van der Waals surface area contributed by atoms with E-state index in [-0.39, 0.29) is 11.5 Å². The summed E-state index contributed by atoms with van der Waals surface area (Å²) in [5.41, 5.74) is 2.63. The van der Waals surface area contributed by atoms with Crippen LogP contribution in [0.2, 0.25) is 0 Å². The number of hydrogen-bond acceptors (Lipinski definition) is 2. The Morgan fingerprint density at radius 1 is 1.10 bits per heavy atom. The molecule has 2 rings (SSSR count). The van der Waals surface area contributed by atoms with E-state index in [1.54, 1.807) is 4.31 Å². The molecule has 0 amide bonds. The van der Waals surface area contributed by atoms with Crippen molar-refractivity contribution >= 4 is 10.0 Å². The molecule has 0 spiro atoms. The Bertz CT molecular complexity index is 658. The predicted molar refractivity (Wildman–Crippen MR) is 86.9 cm³/mol. The lowest BCUT2D eigenvalue weighted by molar-refractivity contribution is 0.243. The SMILES string of the molecule is Cc1cc(C)c(S(=O)(=O)N2CC=C[C@@H]2C(C)(C)C)c(C)c1. The van der Waals surface area contributed by atoms with Crippen molar-refractivity contribution in [3.8, 4) is 0 Å². The summed E-state index contributed by atoms with van der Waals surface area (Å²) in [7, 11) is -3.48. The summed E-state index contributed by atoms with van der Waals surface area (Å²) in [4.78, 5) is 0.464. The summed E-state index contributed by atoms with van der Waals surface area (Å²) in [5, 5.41) is 0. The molecule has 0 bridgehead atoms. The van der Waals surface area contributed by atoms with Gasteiger partial charge in [0.1, 0.15) is 0 Å². The average molecular weight is 307 g/mol. The van der Waals surface area contributed by atoms with Crippen molar-refractivity contribution in [1.29, 1.82) is 0 Å². The van der Waals surface area contributed by atoms with Crippen LogP contribution in [0.4, 0.5) is 0 Å². The third kappa shape index (κ3) is 2.92. The van der Waals surface area contributed by atoms with Crippen LogP contribution in [0.3, 0.4) is 0 Å². The van der Waals surface area contributed by atoms with E-state index in [2.05, 4.69) is 20.8 Å². The number of hydrogen-bond donors (Lipinski definition) is 0. The summed E-state index contributed by atoms with van der Waals surface area (Å²) in [6.07, 6.45) is 3.96. The van der Waals surface area contributed by atoms with Gasteiger partial charge in [-0.15, -0.1) is 0 Å². The Kier molecular flexibility index (Phi) is 4.06. The molecule has 0 saturated carbocycles. The van der Waals surface area contributed by atoms with E-state index in [0.29, 0.717) is 11.4 Å². The summed E-state index contributed by atoms with van der Waals surface area (Å²) in [6, 6.07) is 3.79. The molecule has 21 heavy (non-hydrogen) atoms. The highest BCUT2D eigenvalue weighted by Crippen LogP contribution is 2.35. The van der Waals surface area contributed by atoms with Crippen molar-refractivity contribution in [3.05, 3.63) is 41.0 Å². The van der Waals surface area contributed by atoms with Gasteiger partial charge in [0.05, 0.1) is 4.90 Å². The van der Waals surface area contributed by atoms with E-state index in [0.717, 1.165) is 16.7 Å². The van der Waals surface area contributed by atoms with Crippen LogP contribution in [-0.4, -0.2) is 25.3 Å². The third-order valence-electron chi connectivity index (χ3n) is 3.97. The summed E-state index contributed by atoms with van der Waals surface area (Å²) in [5.74, 6) is 0. The fourth-order valence-corrected chi connectivity index (χ4v) is 5.30. The maximum atomic E-state index is 13.1. The molecule has 0 aromatic heterocycles. The van der Waals surface area contributed by atoms with Crippen molar-refractivity contribution in [2.24, 2.45) is 5.41 Å². The maximum absolute atomic E-state index is 13.1. The first-order valence-corrected chi connectivity index (χ1v) is 8.75. The molecule has 1 atom stereocenters. The van der Waals surface area contributed by atoms with Crippen LogP contribution in [0, 0.1) is 26.2 Å². The van der Waals surface area contributed by atoms with Gasteiger partial charge in [0.15, 0.2) is 0 Å². The monoisotopic (exact) mass is 307 g/mol. The predicted octanol–water partition coefficient (Wildman–Crippen LogP) is 3.59. The Labute approximate surface area is 128 Å². The Balaban J connectivity index is 2.54. The number of rotatable bonds is 2. The van der Waals surface area contributed by atoms with Gasteiger partial charge in [0.2, 0.25) is 10.0 Å². The molecule has 4 heteroatoms. The fraction of sp³-hybridized carbons (Fsp3) is 0.529. The normalized spacial score (nSPS) is 20.2. The zero-order chi connectivity index (χ0) is 16.0. The van der Waals surface area contributed by atoms with E-state index in [9.17, 15) is 8.42 Å². The average Bonchev–Trinajstić information content (AvgIpc) is 2.75. The lowest BCUT2D eigenvalue weighted by Crippen LogP contribution is -2.43. The zero-order valence-electron chi connectivity index (χ0n) is 13.8. The molecule has 1 aliphatic heterocycles. The molecule has 3 nitrogen and oxygen atoms in total. The van der Waals surface area contributed by atoms with Gasteiger partial charge in [0.25, 0.3) is 0 Å². The van der Waals surface area contributed by atoms with Crippen LogP contribution < -0.4 is 0 Å². The summed E-state index contributed by atoms with van der Waals surface area (Å²) in [6.45, 7) is 12.4. The van der Waals surface area contributed by atoms with Gasteiger partial charge >= 0.3 is 0 Å². The van der Waals surface area contributed by atoms with E-state index in [4.69, 9.17) is 0 Å². The quantitative estimate of drug-likeness (QED) is 0.783. The molecule has 0 N–H and O–H groups in total. The summed E-state index contributed by atoms with van der Waals surface area (Å²) >= 11 is 0. The molecule has 116 valence electrons. The Morgan fingerprint density at radius 2 is 1.62 bits per heavy atom. The molecule has 0 aliphatic carbocycles. The first kappa shape index (κ1) is 16.2. The molecule has 1 aliphatic rings. The Morgan fingerprint density at radius 3 is 2.10 bits per heavy atom. The minimum atomic E-state index is -3.48. The highest BCUT2D eigenvalue weighted by molar-refractivity contribution is 7.89. The van der Waals surface area contributed by atoms with Crippen molar-refractivity contribution < 1.29 is 8.42 Å². The summed E-state index contributed by atoms with van der Waals surface area (Å²) < 4.78 is 27.9. The van der Waals surface area contributed by atoms with Crippen LogP contribution in [0.5, 0.6) is 0 Å². The zero-order valence-corrected chi connectivity index (χ0v) is 14.6. The van der Waals surface area contributed by atoms with Crippen molar-refractivity contribution in [3.63, 3.8) is 0 Å². The van der Waals surface area contributed by atoms with Crippen molar-refractivity contribution in [2.75, 3.05) is 6.54 Å². The van der Waals surface area contributed by atoms with E-state index in [1.807, 2.05) is 45.1 Å². The minimum absolute atomic E-state index is 0.0948.